The number of rotatable bonds is 7. The van der Waals surface area contributed by atoms with Crippen molar-refractivity contribution in [1.82, 2.24) is 10.0 Å². The van der Waals surface area contributed by atoms with Gasteiger partial charge in [-0.3, -0.25) is 0 Å². The number of nitrogens with one attached hydrogen (secondary N) is 2. The SMILES string of the molecule is COCCC1(CNS(=O)(=O)c2ccc3c(c2)CNC3)CC1. The van der Waals surface area contributed by atoms with Crippen molar-refractivity contribution in [2.24, 2.45) is 5.41 Å². The van der Waals surface area contributed by atoms with Crippen LogP contribution in [0.4, 0.5) is 0 Å². The molecule has 0 atom stereocenters. The lowest BCUT2D eigenvalue weighted by atomic mass is 10.0. The molecule has 5 nitrogen and oxygen atoms in total. The lowest BCUT2D eigenvalue weighted by Gasteiger charge is -2.16. The first-order chi connectivity index (χ1) is 10.0. The molecule has 3 rings (SSSR count). The molecular weight excluding hydrogens is 288 g/mol. The molecule has 1 aromatic carbocycles. The monoisotopic (exact) mass is 310 g/mol. The third kappa shape index (κ3) is 3.29. The molecule has 1 aromatic rings. The maximum absolute atomic E-state index is 12.4. The minimum atomic E-state index is -3.42. The molecule has 0 unspecified atom stereocenters. The van der Waals surface area contributed by atoms with E-state index < -0.39 is 10.0 Å². The molecule has 116 valence electrons. The molecule has 0 saturated heterocycles. The van der Waals surface area contributed by atoms with Gasteiger partial charge in [0.05, 0.1) is 4.90 Å². The molecule has 6 heteroatoms. The van der Waals surface area contributed by atoms with Crippen molar-refractivity contribution in [2.75, 3.05) is 20.3 Å². The van der Waals surface area contributed by atoms with Gasteiger partial charge in [0.25, 0.3) is 0 Å². The quantitative estimate of drug-likeness (QED) is 0.798. The smallest absolute Gasteiger partial charge is 0.240 e. The van der Waals surface area contributed by atoms with Crippen molar-refractivity contribution in [1.29, 1.82) is 0 Å². The Labute approximate surface area is 126 Å². The van der Waals surface area contributed by atoms with Crippen molar-refractivity contribution in [3.8, 4) is 0 Å². The third-order valence-electron chi connectivity index (χ3n) is 4.55. The Morgan fingerprint density at radius 2 is 2.05 bits per heavy atom. The summed E-state index contributed by atoms with van der Waals surface area (Å²) in [5.74, 6) is 0. The molecule has 0 amide bonds. The van der Waals surface area contributed by atoms with Gasteiger partial charge in [0.1, 0.15) is 0 Å². The number of sulfonamides is 1. The van der Waals surface area contributed by atoms with Gasteiger partial charge in [-0.25, -0.2) is 13.1 Å². The van der Waals surface area contributed by atoms with E-state index in [0.29, 0.717) is 18.0 Å². The second-order valence-electron chi connectivity index (χ2n) is 6.10. The summed E-state index contributed by atoms with van der Waals surface area (Å²) in [6, 6.07) is 5.39. The van der Waals surface area contributed by atoms with Gasteiger partial charge in [0.15, 0.2) is 0 Å². The standard InChI is InChI=1S/C15H22N2O3S/c1-20-7-6-15(4-5-15)11-17-21(18,19)14-3-2-12-9-16-10-13(12)8-14/h2-3,8,16-17H,4-7,9-11H2,1H3. The summed E-state index contributed by atoms with van der Waals surface area (Å²) in [5.41, 5.74) is 2.38. The van der Waals surface area contributed by atoms with Crippen LogP contribution in [0.2, 0.25) is 0 Å². The highest BCUT2D eigenvalue weighted by molar-refractivity contribution is 7.89. The Bertz CT molecular complexity index is 624. The molecule has 0 aromatic heterocycles. The van der Waals surface area contributed by atoms with E-state index in [-0.39, 0.29) is 5.41 Å². The van der Waals surface area contributed by atoms with E-state index in [4.69, 9.17) is 4.74 Å². The van der Waals surface area contributed by atoms with Crippen LogP contribution in [0.25, 0.3) is 0 Å². The maximum atomic E-state index is 12.4. The highest BCUT2D eigenvalue weighted by Gasteiger charge is 2.42. The number of hydrogen-bond acceptors (Lipinski definition) is 4. The van der Waals surface area contributed by atoms with Gasteiger partial charge in [-0.2, -0.15) is 0 Å². The first-order valence-corrected chi connectivity index (χ1v) is 8.84. The summed E-state index contributed by atoms with van der Waals surface area (Å²) in [4.78, 5) is 0.368. The first-order valence-electron chi connectivity index (χ1n) is 7.36. The Morgan fingerprint density at radius 3 is 2.76 bits per heavy atom. The molecule has 2 N–H and O–H groups in total. The van der Waals surface area contributed by atoms with E-state index >= 15 is 0 Å². The van der Waals surface area contributed by atoms with Crippen LogP contribution in [0.3, 0.4) is 0 Å². The molecule has 1 saturated carbocycles. The predicted molar refractivity (Wildman–Crippen MR) is 80.3 cm³/mol. The van der Waals surface area contributed by atoms with Crippen molar-refractivity contribution in [3.05, 3.63) is 29.3 Å². The second-order valence-corrected chi connectivity index (χ2v) is 7.87. The normalized spacial score (nSPS) is 19.5. The lowest BCUT2D eigenvalue weighted by molar-refractivity contribution is 0.173. The van der Waals surface area contributed by atoms with Crippen molar-refractivity contribution < 1.29 is 13.2 Å². The lowest BCUT2D eigenvalue weighted by Crippen LogP contribution is -2.31. The molecule has 1 heterocycles. The minimum Gasteiger partial charge on any atom is -0.385 e. The molecule has 21 heavy (non-hydrogen) atoms. The molecule has 1 aliphatic carbocycles. The van der Waals surface area contributed by atoms with Crippen LogP contribution in [0.5, 0.6) is 0 Å². The van der Waals surface area contributed by atoms with Crippen molar-refractivity contribution >= 4 is 10.0 Å². The number of benzene rings is 1. The molecular formula is C15H22N2O3S. The third-order valence-corrected chi connectivity index (χ3v) is 5.95. The fourth-order valence-corrected chi connectivity index (χ4v) is 3.99. The summed E-state index contributed by atoms with van der Waals surface area (Å²) in [7, 11) is -1.74. The second kappa shape index (κ2) is 5.68. The maximum Gasteiger partial charge on any atom is 0.240 e. The Balaban J connectivity index is 1.67. The number of methoxy groups -OCH3 is 1. The number of hydrogen-bond donors (Lipinski definition) is 2. The molecule has 1 aliphatic heterocycles. The summed E-state index contributed by atoms with van der Waals surface area (Å²) in [6.07, 6.45) is 3.07. The molecule has 0 radical (unpaired) electrons. The summed E-state index contributed by atoms with van der Waals surface area (Å²) >= 11 is 0. The van der Waals surface area contributed by atoms with Gasteiger partial charge in [-0.15, -0.1) is 0 Å². The zero-order chi connectivity index (χ0) is 14.9. The van der Waals surface area contributed by atoms with Crippen LogP contribution < -0.4 is 10.0 Å². The van der Waals surface area contributed by atoms with E-state index in [1.165, 1.54) is 5.56 Å². The Morgan fingerprint density at radius 1 is 1.29 bits per heavy atom. The van der Waals surface area contributed by atoms with Crippen molar-refractivity contribution in [3.63, 3.8) is 0 Å². The minimum absolute atomic E-state index is 0.112. The largest absolute Gasteiger partial charge is 0.385 e. The predicted octanol–water partition coefficient (Wildman–Crippen LogP) is 1.38. The van der Waals surface area contributed by atoms with Gasteiger partial charge in [0.2, 0.25) is 10.0 Å². The van der Waals surface area contributed by atoms with E-state index in [0.717, 1.165) is 37.9 Å². The number of fused-ring (bicyclic) bond motifs is 1. The van der Waals surface area contributed by atoms with Crippen LogP contribution in [0, 0.1) is 5.41 Å². The average Bonchev–Trinajstić information content (AvgIpc) is 3.09. The zero-order valence-electron chi connectivity index (χ0n) is 12.3. The Kier molecular flexibility index (Phi) is 4.05. The molecule has 0 spiro atoms. The topological polar surface area (TPSA) is 67.4 Å². The van der Waals surface area contributed by atoms with E-state index in [1.54, 1.807) is 19.2 Å². The van der Waals surface area contributed by atoms with Gasteiger partial charge in [0, 0.05) is 33.4 Å². The van der Waals surface area contributed by atoms with Crippen LogP contribution in [-0.2, 0) is 27.8 Å². The highest BCUT2D eigenvalue weighted by atomic mass is 32.2. The molecule has 2 aliphatic rings. The first kappa shape index (κ1) is 15.0. The fraction of sp³-hybridized carbons (Fsp3) is 0.600. The van der Waals surface area contributed by atoms with Gasteiger partial charge in [-0.05, 0) is 47.9 Å². The van der Waals surface area contributed by atoms with Crippen LogP contribution in [0.15, 0.2) is 23.1 Å². The zero-order valence-corrected chi connectivity index (χ0v) is 13.1. The van der Waals surface area contributed by atoms with Crippen molar-refractivity contribution in [2.45, 2.75) is 37.2 Å². The molecule has 1 fully saturated rings. The van der Waals surface area contributed by atoms with Crippen LogP contribution in [0.1, 0.15) is 30.4 Å². The number of ether oxygens (including phenoxy) is 1. The van der Waals surface area contributed by atoms with Crippen LogP contribution in [-0.4, -0.2) is 28.7 Å². The average molecular weight is 310 g/mol. The Hall–Kier alpha value is -0.950. The summed E-state index contributed by atoms with van der Waals surface area (Å²) in [6.45, 7) is 2.76. The fourth-order valence-electron chi connectivity index (χ4n) is 2.78. The van der Waals surface area contributed by atoms with E-state index in [2.05, 4.69) is 10.0 Å². The van der Waals surface area contributed by atoms with Gasteiger partial charge in [-0.1, -0.05) is 6.07 Å². The van der Waals surface area contributed by atoms with Gasteiger partial charge >= 0.3 is 0 Å². The molecule has 0 bridgehead atoms. The summed E-state index contributed by atoms with van der Waals surface area (Å²) < 4.78 is 32.7. The highest BCUT2D eigenvalue weighted by Crippen LogP contribution is 2.48. The van der Waals surface area contributed by atoms with E-state index in [9.17, 15) is 8.42 Å². The van der Waals surface area contributed by atoms with E-state index in [1.807, 2.05) is 6.07 Å². The van der Waals surface area contributed by atoms with Crippen LogP contribution >= 0.6 is 0 Å². The summed E-state index contributed by atoms with van der Waals surface area (Å²) in [5, 5.41) is 3.23. The van der Waals surface area contributed by atoms with Gasteiger partial charge < -0.3 is 10.1 Å².